The zero-order valence-electron chi connectivity index (χ0n) is 13.0. The zero-order valence-corrected chi connectivity index (χ0v) is 13.8. The van der Waals surface area contributed by atoms with Gasteiger partial charge in [-0.25, -0.2) is 13.6 Å². The molecule has 0 bridgehead atoms. The monoisotopic (exact) mass is 332 g/mol. The van der Waals surface area contributed by atoms with Gasteiger partial charge >= 0.3 is 0 Å². The number of carbonyl (C=O) groups is 1. The molecule has 6 heteroatoms. The van der Waals surface area contributed by atoms with E-state index in [2.05, 4.69) is 11.4 Å². The van der Waals surface area contributed by atoms with Gasteiger partial charge in [0.05, 0.1) is 5.75 Å². The molecule has 2 aromatic carbocycles. The van der Waals surface area contributed by atoms with Gasteiger partial charge in [0.1, 0.15) is 0 Å². The fourth-order valence-corrected chi connectivity index (χ4v) is 2.92. The molecule has 0 heterocycles. The molecule has 0 unspecified atom stereocenters. The SMILES string of the molecule is Cc1cccc(CCC(=O)Nc2ccc(CS(N)(=O)=O)cc2)c1. The van der Waals surface area contributed by atoms with Crippen LogP contribution in [0.4, 0.5) is 5.69 Å². The van der Waals surface area contributed by atoms with Crippen LogP contribution in [0.5, 0.6) is 0 Å². The second-order valence-corrected chi connectivity index (χ2v) is 7.16. The standard InChI is InChI=1S/C17H20N2O3S/c1-13-3-2-4-14(11-13)7-10-17(20)19-16-8-5-15(6-9-16)12-23(18,21)22/h2-6,8-9,11H,7,10,12H2,1H3,(H,19,20)(H2,18,21,22). The van der Waals surface area contributed by atoms with Gasteiger partial charge in [-0.1, -0.05) is 42.0 Å². The van der Waals surface area contributed by atoms with Gasteiger partial charge in [-0.05, 0) is 36.6 Å². The first-order chi connectivity index (χ1) is 10.8. The first-order valence-corrected chi connectivity index (χ1v) is 8.98. The lowest BCUT2D eigenvalue weighted by molar-refractivity contribution is -0.116. The molecule has 2 aromatic rings. The van der Waals surface area contributed by atoms with E-state index in [9.17, 15) is 13.2 Å². The third kappa shape index (κ3) is 6.22. The molecule has 1 amide bonds. The van der Waals surface area contributed by atoms with E-state index in [1.807, 2.05) is 25.1 Å². The van der Waals surface area contributed by atoms with Gasteiger partial charge in [-0.15, -0.1) is 0 Å². The number of sulfonamides is 1. The van der Waals surface area contributed by atoms with Crippen LogP contribution in [-0.2, 0) is 27.0 Å². The summed E-state index contributed by atoms with van der Waals surface area (Å²) in [6.07, 6.45) is 1.07. The molecule has 2 rings (SSSR count). The van der Waals surface area contributed by atoms with Crippen LogP contribution in [0.15, 0.2) is 48.5 Å². The maximum absolute atomic E-state index is 12.0. The quantitative estimate of drug-likeness (QED) is 0.851. The largest absolute Gasteiger partial charge is 0.326 e. The average molecular weight is 332 g/mol. The van der Waals surface area contributed by atoms with Crippen molar-refractivity contribution in [2.24, 2.45) is 5.14 Å². The molecule has 0 saturated heterocycles. The van der Waals surface area contributed by atoms with Gasteiger partial charge in [-0.2, -0.15) is 0 Å². The molecule has 3 N–H and O–H groups in total. The minimum atomic E-state index is -3.54. The number of nitrogens with one attached hydrogen (secondary N) is 1. The lowest BCUT2D eigenvalue weighted by Gasteiger charge is -2.07. The van der Waals surface area contributed by atoms with Crippen LogP contribution in [0.3, 0.4) is 0 Å². The highest BCUT2D eigenvalue weighted by molar-refractivity contribution is 7.88. The second-order valence-electron chi connectivity index (χ2n) is 5.54. The van der Waals surface area contributed by atoms with Crippen LogP contribution in [0, 0.1) is 6.92 Å². The normalized spacial score (nSPS) is 11.2. The molecule has 0 aliphatic rings. The van der Waals surface area contributed by atoms with Crippen LogP contribution in [0.2, 0.25) is 0 Å². The van der Waals surface area contributed by atoms with Gasteiger partial charge in [0.2, 0.25) is 15.9 Å². The van der Waals surface area contributed by atoms with E-state index < -0.39 is 10.0 Å². The Morgan fingerprint density at radius 3 is 2.39 bits per heavy atom. The Hall–Kier alpha value is -2.18. The number of nitrogens with two attached hydrogens (primary N) is 1. The van der Waals surface area contributed by atoms with Crippen molar-refractivity contribution in [1.82, 2.24) is 0 Å². The van der Waals surface area contributed by atoms with E-state index in [0.29, 0.717) is 24.1 Å². The number of anilines is 1. The molecular formula is C17H20N2O3S. The van der Waals surface area contributed by atoms with Crippen molar-refractivity contribution >= 4 is 21.6 Å². The third-order valence-electron chi connectivity index (χ3n) is 3.33. The van der Waals surface area contributed by atoms with Gasteiger partial charge < -0.3 is 5.32 Å². The Morgan fingerprint density at radius 1 is 1.09 bits per heavy atom. The van der Waals surface area contributed by atoms with Gasteiger partial charge in [0.25, 0.3) is 0 Å². The predicted octanol–water partition coefficient (Wildman–Crippen LogP) is 2.35. The summed E-state index contributed by atoms with van der Waals surface area (Å²) < 4.78 is 22.0. The maximum Gasteiger partial charge on any atom is 0.224 e. The summed E-state index contributed by atoms with van der Waals surface area (Å²) in [6, 6.07) is 14.7. The van der Waals surface area contributed by atoms with E-state index >= 15 is 0 Å². The first-order valence-electron chi connectivity index (χ1n) is 7.27. The van der Waals surface area contributed by atoms with Crippen LogP contribution < -0.4 is 10.5 Å². The summed E-state index contributed by atoms with van der Waals surface area (Å²) in [4.78, 5) is 12.0. The Labute approximate surface area is 136 Å². The fraction of sp³-hybridized carbons (Fsp3) is 0.235. The molecule has 122 valence electrons. The summed E-state index contributed by atoms with van der Waals surface area (Å²) in [5.41, 5.74) is 3.53. The lowest BCUT2D eigenvalue weighted by atomic mass is 10.1. The van der Waals surface area contributed by atoms with E-state index in [0.717, 1.165) is 5.56 Å². The first kappa shape index (κ1) is 17.2. The van der Waals surface area contributed by atoms with Gasteiger partial charge in [-0.3, -0.25) is 4.79 Å². The zero-order chi connectivity index (χ0) is 16.9. The van der Waals surface area contributed by atoms with Crippen LogP contribution in [0.1, 0.15) is 23.1 Å². The minimum Gasteiger partial charge on any atom is -0.326 e. The van der Waals surface area contributed by atoms with E-state index in [-0.39, 0.29) is 11.7 Å². The Morgan fingerprint density at radius 2 is 1.78 bits per heavy atom. The van der Waals surface area contributed by atoms with E-state index in [1.54, 1.807) is 24.3 Å². The predicted molar refractivity (Wildman–Crippen MR) is 91.4 cm³/mol. The molecule has 0 spiro atoms. The third-order valence-corrected chi connectivity index (χ3v) is 4.06. The Kier molecular flexibility index (Phi) is 5.52. The van der Waals surface area contributed by atoms with E-state index in [1.165, 1.54) is 5.56 Å². The van der Waals surface area contributed by atoms with Crippen LogP contribution in [-0.4, -0.2) is 14.3 Å². The van der Waals surface area contributed by atoms with Crippen LogP contribution in [0.25, 0.3) is 0 Å². The number of rotatable bonds is 6. The molecule has 0 fully saturated rings. The number of carbonyl (C=O) groups excluding carboxylic acids is 1. The summed E-state index contributed by atoms with van der Waals surface area (Å²) in [5, 5.41) is 7.79. The number of aryl methyl sites for hydroxylation is 2. The van der Waals surface area contributed by atoms with Crippen molar-refractivity contribution in [3.05, 3.63) is 65.2 Å². The Balaban J connectivity index is 1.87. The Bertz CT molecular complexity index is 784. The highest BCUT2D eigenvalue weighted by Crippen LogP contribution is 2.12. The number of primary sulfonamides is 1. The molecule has 0 aliphatic heterocycles. The molecule has 5 nitrogen and oxygen atoms in total. The smallest absolute Gasteiger partial charge is 0.224 e. The minimum absolute atomic E-state index is 0.0781. The molecule has 0 atom stereocenters. The van der Waals surface area contributed by atoms with Gasteiger partial charge in [0.15, 0.2) is 0 Å². The molecule has 23 heavy (non-hydrogen) atoms. The number of amides is 1. The number of hydrogen-bond acceptors (Lipinski definition) is 3. The average Bonchev–Trinajstić information content (AvgIpc) is 2.46. The van der Waals surface area contributed by atoms with Crippen molar-refractivity contribution in [3.8, 4) is 0 Å². The lowest BCUT2D eigenvalue weighted by Crippen LogP contribution is -2.15. The highest BCUT2D eigenvalue weighted by atomic mass is 32.2. The molecular weight excluding hydrogens is 312 g/mol. The fourth-order valence-electron chi connectivity index (χ4n) is 2.27. The van der Waals surface area contributed by atoms with Crippen molar-refractivity contribution in [3.63, 3.8) is 0 Å². The van der Waals surface area contributed by atoms with Crippen molar-refractivity contribution < 1.29 is 13.2 Å². The van der Waals surface area contributed by atoms with Gasteiger partial charge in [0, 0.05) is 12.1 Å². The molecule has 0 aliphatic carbocycles. The van der Waals surface area contributed by atoms with Crippen molar-refractivity contribution in [1.29, 1.82) is 0 Å². The van der Waals surface area contributed by atoms with Crippen molar-refractivity contribution in [2.75, 3.05) is 5.32 Å². The summed E-state index contributed by atoms with van der Waals surface area (Å²) in [7, 11) is -3.54. The topological polar surface area (TPSA) is 89.3 Å². The number of hydrogen-bond donors (Lipinski definition) is 2. The number of benzene rings is 2. The molecule has 0 aromatic heterocycles. The summed E-state index contributed by atoms with van der Waals surface area (Å²) in [6.45, 7) is 2.02. The summed E-state index contributed by atoms with van der Waals surface area (Å²) in [5.74, 6) is -0.292. The van der Waals surface area contributed by atoms with Crippen LogP contribution >= 0.6 is 0 Å². The maximum atomic E-state index is 12.0. The molecule has 0 saturated carbocycles. The molecule has 0 radical (unpaired) electrons. The second kappa shape index (κ2) is 7.39. The van der Waals surface area contributed by atoms with E-state index in [4.69, 9.17) is 5.14 Å². The summed E-state index contributed by atoms with van der Waals surface area (Å²) >= 11 is 0. The van der Waals surface area contributed by atoms with Crippen molar-refractivity contribution in [2.45, 2.75) is 25.5 Å². The highest BCUT2D eigenvalue weighted by Gasteiger charge is 2.06.